The predicted octanol–water partition coefficient (Wildman–Crippen LogP) is -0.00530. The first-order valence-electron chi connectivity index (χ1n) is 6.89. The lowest BCUT2D eigenvalue weighted by Gasteiger charge is -2.32. The maximum Gasteiger partial charge on any atom is 0.238 e. The predicted molar refractivity (Wildman–Crippen MR) is 79.7 cm³/mol. The number of nitrogens with zero attached hydrogens (tertiary/aromatic N) is 3. The maximum atomic E-state index is 11.9. The lowest BCUT2D eigenvalue weighted by molar-refractivity contribution is -0.121. The number of carbonyl (C=O) groups is 1. The summed E-state index contributed by atoms with van der Waals surface area (Å²) >= 11 is 0. The molecule has 0 radical (unpaired) electrons. The Labute approximate surface area is 124 Å². The highest BCUT2D eigenvalue weighted by molar-refractivity contribution is 7.92. The molecule has 1 aliphatic heterocycles. The summed E-state index contributed by atoms with van der Waals surface area (Å²) in [6, 6.07) is 1.77. The molecule has 1 atom stereocenters. The fraction of sp³-hybridized carbons (Fsp3) is 0.615. The third kappa shape index (κ3) is 4.13. The van der Waals surface area contributed by atoms with E-state index < -0.39 is 21.0 Å². The molecule has 0 aromatic carbocycles. The summed E-state index contributed by atoms with van der Waals surface area (Å²) in [5.74, 6) is 0.263. The molecule has 1 amide bonds. The number of sulfone groups is 1. The van der Waals surface area contributed by atoms with Crippen molar-refractivity contribution in [2.24, 2.45) is 0 Å². The number of hydrogen-bond donors (Lipinski definition) is 1. The molecule has 1 fully saturated rings. The van der Waals surface area contributed by atoms with Gasteiger partial charge in [0.05, 0.1) is 0 Å². The summed E-state index contributed by atoms with van der Waals surface area (Å²) in [7, 11) is -3.35. The summed E-state index contributed by atoms with van der Waals surface area (Å²) in [6.45, 7) is 2.89. The first-order chi connectivity index (χ1) is 9.88. The van der Waals surface area contributed by atoms with Crippen molar-refractivity contribution >= 4 is 21.7 Å². The van der Waals surface area contributed by atoms with E-state index in [4.69, 9.17) is 0 Å². The minimum atomic E-state index is -3.35. The molecule has 0 aliphatic carbocycles. The molecule has 116 valence electrons. The highest BCUT2D eigenvalue weighted by Crippen LogP contribution is 2.15. The van der Waals surface area contributed by atoms with E-state index >= 15 is 0 Å². The zero-order chi connectivity index (χ0) is 15.5. The van der Waals surface area contributed by atoms with Crippen molar-refractivity contribution in [3.8, 4) is 0 Å². The number of anilines is 1. The normalized spacial score (nSPS) is 18.3. The lowest BCUT2D eigenvalue weighted by Crippen LogP contribution is -2.48. The molecule has 2 heterocycles. The van der Waals surface area contributed by atoms with Gasteiger partial charge in [0.25, 0.3) is 0 Å². The van der Waals surface area contributed by atoms with Gasteiger partial charge in [-0.25, -0.2) is 18.4 Å². The maximum absolute atomic E-state index is 11.9. The molecule has 21 heavy (non-hydrogen) atoms. The van der Waals surface area contributed by atoms with E-state index in [1.54, 1.807) is 18.5 Å². The van der Waals surface area contributed by atoms with Crippen LogP contribution in [-0.4, -0.2) is 54.9 Å². The van der Waals surface area contributed by atoms with Crippen LogP contribution < -0.4 is 10.2 Å². The first-order valence-corrected chi connectivity index (χ1v) is 8.84. The molecule has 0 bridgehead atoms. The van der Waals surface area contributed by atoms with Crippen molar-refractivity contribution in [1.29, 1.82) is 0 Å². The van der Waals surface area contributed by atoms with E-state index in [0.717, 1.165) is 32.2 Å². The minimum Gasteiger partial charge on any atom is -0.352 e. The molecule has 7 nitrogen and oxygen atoms in total. The second-order valence-corrected chi connectivity index (χ2v) is 7.66. The first kappa shape index (κ1) is 15.7. The SMILES string of the molecule is C[C@@H](C(=O)NC1CCN(c2ncccn2)CC1)S(C)(=O)=O. The van der Waals surface area contributed by atoms with E-state index in [2.05, 4.69) is 20.2 Å². The Balaban J connectivity index is 1.86. The monoisotopic (exact) mass is 312 g/mol. The van der Waals surface area contributed by atoms with Crippen LogP contribution in [0.1, 0.15) is 19.8 Å². The van der Waals surface area contributed by atoms with Crippen LogP contribution in [0, 0.1) is 0 Å². The average molecular weight is 312 g/mol. The molecule has 8 heteroatoms. The number of amides is 1. The van der Waals surface area contributed by atoms with Crippen LogP contribution in [0.15, 0.2) is 18.5 Å². The number of rotatable bonds is 4. The van der Waals surface area contributed by atoms with Crippen LogP contribution in [0.5, 0.6) is 0 Å². The summed E-state index contributed by atoms with van der Waals surface area (Å²) in [5, 5.41) is 1.81. The van der Waals surface area contributed by atoms with Crippen molar-refractivity contribution in [3.63, 3.8) is 0 Å². The Morgan fingerprint density at radius 2 is 1.90 bits per heavy atom. The van der Waals surface area contributed by atoms with Crippen molar-refractivity contribution < 1.29 is 13.2 Å². The molecule has 0 spiro atoms. The standard InChI is InChI=1S/C13H20N4O3S/c1-10(21(2,19)20)12(18)16-11-4-8-17(9-5-11)13-14-6-3-7-15-13/h3,6-7,10-11H,4-5,8-9H2,1-2H3,(H,16,18)/t10-/m0/s1. The molecule has 0 unspecified atom stereocenters. The highest BCUT2D eigenvalue weighted by atomic mass is 32.2. The third-order valence-electron chi connectivity index (χ3n) is 3.69. The summed E-state index contributed by atoms with van der Waals surface area (Å²) in [4.78, 5) is 22.3. The van der Waals surface area contributed by atoms with Crippen LogP contribution in [0.3, 0.4) is 0 Å². The largest absolute Gasteiger partial charge is 0.352 e. The van der Waals surface area contributed by atoms with E-state index in [0.29, 0.717) is 5.95 Å². The Kier molecular flexibility index (Phi) is 4.76. The second kappa shape index (κ2) is 6.38. The van der Waals surface area contributed by atoms with Gasteiger partial charge >= 0.3 is 0 Å². The summed E-state index contributed by atoms with van der Waals surface area (Å²) in [5.41, 5.74) is 0. The topological polar surface area (TPSA) is 92.3 Å². The van der Waals surface area contributed by atoms with E-state index in [9.17, 15) is 13.2 Å². The highest BCUT2D eigenvalue weighted by Gasteiger charge is 2.27. The number of hydrogen-bond acceptors (Lipinski definition) is 6. The van der Waals surface area contributed by atoms with Crippen LogP contribution in [0.4, 0.5) is 5.95 Å². The van der Waals surface area contributed by atoms with Gasteiger partial charge in [0.1, 0.15) is 5.25 Å². The van der Waals surface area contributed by atoms with Gasteiger partial charge < -0.3 is 10.2 Å². The van der Waals surface area contributed by atoms with Crippen LogP contribution in [0.2, 0.25) is 0 Å². The van der Waals surface area contributed by atoms with Crippen LogP contribution >= 0.6 is 0 Å². The van der Waals surface area contributed by atoms with Crippen LogP contribution in [-0.2, 0) is 14.6 Å². The molecular weight excluding hydrogens is 292 g/mol. The van der Waals surface area contributed by atoms with E-state index in [-0.39, 0.29) is 6.04 Å². The molecule has 1 aromatic rings. The molecule has 1 N–H and O–H groups in total. The molecule has 1 saturated heterocycles. The zero-order valence-corrected chi connectivity index (χ0v) is 13.0. The van der Waals surface area contributed by atoms with Gasteiger partial charge in [0.15, 0.2) is 9.84 Å². The summed E-state index contributed by atoms with van der Waals surface area (Å²) < 4.78 is 22.7. The van der Waals surface area contributed by atoms with Gasteiger partial charge in [-0.05, 0) is 25.8 Å². The van der Waals surface area contributed by atoms with Gasteiger partial charge in [-0.15, -0.1) is 0 Å². The smallest absolute Gasteiger partial charge is 0.238 e. The molecule has 1 aliphatic rings. The fourth-order valence-corrected chi connectivity index (χ4v) is 2.65. The van der Waals surface area contributed by atoms with Gasteiger partial charge in [-0.1, -0.05) is 0 Å². The Hall–Kier alpha value is -1.70. The Morgan fingerprint density at radius 3 is 2.43 bits per heavy atom. The number of carbonyl (C=O) groups excluding carboxylic acids is 1. The Morgan fingerprint density at radius 1 is 1.33 bits per heavy atom. The third-order valence-corrected chi connectivity index (χ3v) is 5.19. The van der Waals surface area contributed by atoms with Gasteiger partial charge in [-0.2, -0.15) is 0 Å². The number of piperidine rings is 1. The van der Waals surface area contributed by atoms with E-state index in [1.165, 1.54) is 6.92 Å². The molecule has 0 saturated carbocycles. The molecular formula is C13H20N4O3S. The van der Waals surface area contributed by atoms with Gasteiger partial charge in [0, 0.05) is 37.8 Å². The minimum absolute atomic E-state index is 0.00154. The van der Waals surface area contributed by atoms with Crippen LogP contribution in [0.25, 0.3) is 0 Å². The zero-order valence-electron chi connectivity index (χ0n) is 12.2. The average Bonchev–Trinajstić information content (AvgIpc) is 2.47. The number of nitrogens with one attached hydrogen (secondary N) is 1. The van der Waals surface area contributed by atoms with Crippen molar-refractivity contribution in [2.45, 2.75) is 31.1 Å². The molecule has 1 aromatic heterocycles. The Bertz CT molecular complexity index is 583. The van der Waals surface area contributed by atoms with Gasteiger partial charge in [0.2, 0.25) is 11.9 Å². The lowest BCUT2D eigenvalue weighted by atomic mass is 10.1. The quantitative estimate of drug-likeness (QED) is 0.841. The van der Waals surface area contributed by atoms with Crippen molar-refractivity contribution in [3.05, 3.63) is 18.5 Å². The van der Waals surface area contributed by atoms with Gasteiger partial charge in [-0.3, -0.25) is 4.79 Å². The van der Waals surface area contributed by atoms with Crippen molar-refractivity contribution in [1.82, 2.24) is 15.3 Å². The second-order valence-electron chi connectivity index (χ2n) is 5.29. The fourth-order valence-electron chi connectivity index (χ4n) is 2.19. The number of aromatic nitrogens is 2. The van der Waals surface area contributed by atoms with Crippen molar-refractivity contribution in [2.75, 3.05) is 24.2 Å². The molecule has 2 rings (SSSR count). The van der Waals surface area contributed by atoms with E-state index in [1.807, 2.05) is 0 Å². The summed E-state index contributed by atoms with van der Waals surface area (Å²) in [6.07, 6.45) is 5.97.